The topological polar surface area (TPSA) is 127 Å². The number of nitrogens with zero attached hydrogens (tertiary/aromatic N) is 4. The molecule has 3 heterocycles. The van der Waals surface area contributed by atoms with Crippen molar-refractivity contribution < 1.29 is 0 Å². The monoisotopic (exact) mass is 373 g/mol. The normalized spacial score (nSPS) is 12.8. The number of fused-ring (bicyclic) bond motifs is 2. The van der Waals surface area contributed by atoms with Crippen LogP contribution in [0.1, 0.15) is 17.0 Å². The number of benzene rings is 1. The first-order valence-corrected chi connectivity index (χ1v) is 8.70. The van der Waals surface area contributed by atoms with Crippen LogP contribution in [0, 0.1) is 0 Å². The molecule has 5 N–H and O–H groups in total. The van der Waals surface area contributed by atoms with Gasteiger partial charge in [0.15, 0.2) is 0 Å². The minimum atomic E-state index is -0.260. The van der Waals surface area contributed by atoms with Crippen LogP contribution in [-0.4, -0.2) is 32.3 Å². The Morgan fingerprint density at radius 2 is 2.14 bits per heavy atom. The number of pyridine rings is 1. The molecule has 0 aliphatic carbocycles. The first-order chi connectivity index (χ1) is 13.7. The lowest BCUT2D eigenvalue weighted by Crippen LogP contribution is -2.14. The molecule has 0 amide bonds. The summed E-state index contributed by atoms with van der Waals surface area (Å²) in [5, 5.41) is 7.75. The molecule has 4 rings (SSSR count). The Hall–Kier alpha value is -3.78. The van der Waals surface area contributed by atoms with Gasteiger partial charge in [0.1, 0.15) is 0 Å². The molecule has 0 aliphatic heterocycles. The third kappa shape index (κ3) is 2.76. The highest BCUT2D eigenvalue weighted by Crippen LogP contribution is 2.24. The number of H-pyrrole nitrogens is 1. The van der Waals surface area contributed by atoms with Gasteiger partial charge in [0, 0.05) is 30.8 Å². The first kappa shape index (κ1) is 17.6. The molecule has 0 aliphatic rings. The summed E-state index contributed by atoms with van der Waals surface area (Å²) in [6.07, 6.45) is 5.03. The van der Waals surface area contributed by atoms with E-state index in [2.05, 4.69) is 20.2 Å². The molecule has 0 unspecified atom stereocenters. The molecule has 8 nitrogen and oxygen atoms in total. The van der Waals surface area contributed by atoms with Gasteiger partial charge in [-0.3, -0.25) is 14.2 Å². The molecule has 0 spiro atoms. The molecular weight excluding hydrogens is 354 g/mol. The van der Waals surface area contributed by atoms with Gasteiger partial charge in [0.05, 0.1) is 40.5 Å². The quantitative estimate of drug-likeness (QED) is 0.467. The highest BCUT2D eigenvalue weighted by atomic mass is 16.1. The molecule has 0 saturated carbocycles. The van der Waals surface area contributed by atoms with Crippen LogP contribution in [0.4, 0.5) is 0 Å². The van der Waals surface area contributed by atoms with E-state index < -0.39 is 0 Å². The van der Waals surface area contributed by atoms with E-state index in [1.807, 2.05) is 34.7 Å². The molecule has 28 heavy (non-hydrogen) atoms. The fraction of sp³-hybridized carbons (Fsp3) is 0.100. The van der Waals surface area contributed by atoms with E-state index in [1.54, 1.807) is 25.6 Å². The molecule has 1 aromatic carbocycles. The Morgan fingerprint density at radius 1 is 1.29 bits per heavy atom. The number of hydrogen-bond donors (Lipinski definition) is 3. The number of imidazole rings is 1. The number of nitrogens with two attached hydrogens (primary N) is 2. The van der Waals surface area contributed by atoms with Gasteiger partial charge >= 0.3 is 0 Å². The van der Waals surface area contributed by atoms with Crippen LogP contribution in [0.3, 0.4) is 0 Å². The van der Waals surface area contributed by atoms with Crippen LogP contribution in [0.25, 0.3) is 21.9 Å². The molecule has 8 heteroatoms. The van der Waals surface area contributed by atoms with Crippen LogP contribution < -0.4 is 17.0 Å². The lowest BCUT2D eigenvalue weighted by molar-refractivity contribution is 0.900. The minimum absolute atomic E-state index is 0.210. The summed E-state index contributed by atoms with van der Waals surface area (Å²) in [5.41, 5.74) is 16.2. The third-order valence-corrected chi connectivity index (χ3v) is 4.71. The molecule has 0 bridgehead atoms. The summed E-state index contributed by atoms with van der Waals surface area (Å²) in [6.45, 7) is 0.210. The van der Waals surface area contributed by atoms with Crippen molar-refractivity contribution in [3.63, 3.8) is 0 Å². The molecule has 0 atom stereocenters. The van der Waals surface area contributed by atoms with Crippen LogP contribution in [0.15, 0.2) is 64.9 Å². The first-order valence-electron chi connectivity index (χ1n) is 8.70. The fourth-order valence-corrected chi connectivity index (χ4v) is 3.37. The summed E-state index contributed by atoms with van der Waals surface area (Å²) >= 11 is 0. The summed E-state index contributed by atoms with van der Waals surface area (Å²) in [4.78, 5) is 20.8. The summed E-state index contributed by atoms with van der Waals surface area (Å²) in [6, 6.07) is 11.3. The van der Waals surface area contributed by atoms with Crippen LogP contribution in [0.5, 0.6) is 0 Å². The van der Waals surface area contributed by atoms with Crippen molar-refractivity contribution in [2.75, 3.05) is 7.05 Å². The number of rotatable bonds is 4. The van der Waals surface area contributed by atoms with Crippen molar-refractivity contribution in [1.29, 1.82) is 0 Å². The van der Waals surface area contributed by atoms with Gasteiger partial charge in [-0.05, 0) is 29.8 Å². The van der Waals surface area contributed by atoms with Gasteiger partial charge in [0.25, 0.3) is 5.56 Å². The van der Waals surface area contributed by atoms with Crippen molar-refractivity contribution in [1.82, 2.24) is 19.6 Å². The Bertz CT molecular complexity index is 1300. The number of aliphatic imine (C=N–C) groups is 1. The lowest BCUT2D eigenvalue weighted by atomic mass is 9.96. The number of allylic oxidation sites excluding steroid dienone is 1. The third-order valence-electron chi connectivity index (χ3n) is 4.71. The zero-order chi connectivity index (χ0) is 19.7. The summed E-state index contributed by atoms with van der Waals surface area (Å²) in [7, 11) is 1.72. The van der Waals surface area contributed by atoms with Crippen molar-refractivity contribution in [3.8, 4) is 0 Å². The van der Waals surface area contributed by atoms with E-state index in [9.17, 15) is 4.79 Å². The van der Waals surface area contributed by atoms with Crippen LogP contribution in [0.2, 0.25) is 0 Å². The number of aromatic nitrogens is 4. The maximum absolute atomic E-state index is 12.1. The van der Waals surface area contributed by atoms with E-state index in [0.717, 1.165) is 22.3 Å². The van der Waals surface area contributed by atoms with Crippen LogP contribution in [-0.2, 0) is 6.54 Å². The fourth-order valence-electron chi connectivity index (χ4n) is 3.37. The predicted molar refractivity (Wildman–Crippen MR) is 110 cm³/mol. The Balaban J connectivity index is 1.91. The van der Waals surface area contributed by atoms with E-state index in [-0.39, 0.29) is 12.1 Å². The second-order valence-corrected chi connectivity index (χ2v) is 6.22. The standard InChI is InChI=1S/C20H19N7O/c1-23-19(18-4-2-3-13-10-24-11-27(13)18)16(8-21)12-5-6-14-15(7-12)17(9-22)25-26-20(14)28/h2-8,10-11H,9,21-22H2,1H3,(H,26,28)/b16-8-,23-19?. The number of nitrogens with one attached hydrogen (secondary N) is 1. The number of aromatic amines is 1. The molecule has 0 fully saturated rings. The van der Waals surface area contributed by atoms with E-state index >= 15 is 0 Å². The highest BCUT2D eigenvalue weighted by Gasteiger charge is 2.16. The minimum Gasteiger partial charge on any atom is -0.404 e. The SMILES string of the molecule is CN=C(/C(=C\N)c1ccc2c(=O)[nH]nc(CN)c2c1)c1cccc2cncn12. The van der Waals surface area contributed by atoms with Crippen LogP contribution >= 0.6 is 0 Å². The molecule has 0 saturated heterocycles. The van der Waals surface area contributed by atoms with E-state index in [0.29, 0.717) is 22.2 Å². The highest BCUT2D eigenvalue weighted by molar-refractivity contribution is 6.31. The van der Waals surface area contributed by atoms with E-state index in [4.69, 9.17) is 11.5 Å². The second-order valence-electron chi connectivity index (χ2n) is 6.22. The maximum Gasteiger partial charge on any atom is 0.272 e. The van der Waals surface area contributed by atoms with Gasteiger partial charge in [0.2, 0.25) is 0 Å². The zero-order valence-electron chi connectivity index (χ0n) is 15.3. The Morgan fingerprint density at radius 3 is 2.89 bits per heavy atom. The van der Waals surface area contributed by atoms with Gasteiger partial charge in [-0.15, -0.1) is 0 Å². The Labute approximate surface area is 160 Å². The number of hydrogen-bond acceptors (Lipinski definition) is 6. The molecular formula is C20H19N7O. The molecule has 0 radical (unpaired) electrons. The molecule has 4 aromatic rings. The van der Waals surface area contributed by atoms with Crippen molar-refractivity contribution in [2.45, 2.75) is 6.54 Å². The summed E-state index contributed by atoms with van der Waals surface area (Å²) in [5.74, 6) is 0. The average molecular weight is 373 g/mol. The van der Waals surface area contributed by atoms with Crippen molar-refractivity contribution in [3.05, 3.63) is 82.4 Å². The molecule has 140 valence electrons. The molecule has 3 aromatic heterocycles. The Kier molecular flexibility index (Phi) is 4.46. The lowest BCUT2D eigenvalue weighted by Gasteiger charge is -2.14. The van der Waals surface area contributed by atoms with Gasteiger partial charge < -0.3 is 11.5 Å². The summed E-state index contributed by atoms with van der Waals surface area (Å²) < 4.78 is 1.95. The van der Waals surface area contributed by atoms with Crippen molar-refractivity contribution in [2.24, 2.45) is 16.5 Å². The van der Waals surface area contributed by atoms with Gasteiger partial charge in [-0.2, -0.15) is 5.10 Å². The largest absolute Gasteiger partial charge is 0.404 e. The predicted octanol–water partition coefficient (Wildman–Crippen LogP) is 1.45. The van der Waals surface area contributed by atoms with Crippen molar-refractivity contribution >= 4 is 27.6 Å². The van der Waals surface area contributed by atoms with E-state index in [1.165, 1.54) is 6.20 Å². The maximum atomic E-state index is 12.1. The van der Waals surface area contributed by atoms with Gasteiger partial charge in [-0.1, -0.05) is 12.1 Å². The van der Waals surface area contributed by atoms with Gasteiger partial charge in [-0.25, -0.2) is 10.1 Å². The average Bonchev–Trinajstić information content (AvgIpc) is 3.21. The second kappa shape index (κ2) is 7.09. The smallest absolute Gasteiger partial charge is 0.272 e. The zero-order valence-corrected chi connectivity index (χ0v) is 15.3.